The van der Waals surface area contributed by atoms with Gasteiger partial charge in [0.2, 0.25) is 0 Å². The van der Waals surface area contributed by atoms with Gasteiger partial charge in [0.1, 0.15) is 17.9 Å². The molecule has 0 aliphatic rings. The molecule has 0 saturated heterocycles. The van der Waals surface area contributed by atoms with Crippen LogP contribution in [0.1, 0.15) is 0 Å². The second-order valence-corrected chi connectivity index (χ2v) is 8.78. The number of aromatic nitrogens is 3. The Morgan fingerprint density at radius 2 is 1.66 bits per heavy atom. The number of halogens is 3. The van der Waals surface area contributed by atoms with Gasteiger partial charge >= 0.3 is 0 Å². The Morgan fingerprint density at radius 1 is 0.931 bits per heavy atom. The van der Waals surface area contributed by atoms with Crippen LogP contribution in [0.3, 0.4) is 0 Å². The van der Waals surface area contributed by atoms with Crippen molar-refractivity contribution in [2.75, 3.05) is 6.61 Å². The Bertz CT molecular complexity index is 1380. The lowest BCUT2D eigenvalue weighted by Crippen LogP contribution is -2.09. The van der Waals surface area contributed by atoms with E-state index >= 15 is 0 Å². The first kappa shape index (κ1) is 18.9. The molecule has 7 heteroatoms. The quantitative estimate of drug-likeness (QED) is 0.251. The number of hydrogen-bond acceptors (Lipinski definition) is 3. The van der Waals surface area contributed by atoms with Crippen LogP contribution in [-0.2, 0) is 6.54 Å². The number of ether oxygens (including phenoxy) is 1. The molecular weight excluding hydrogens is 518 g/mol. The zero-order valence-electron chi connectivity index (χ0n) is 15.1. The number of para-hydroxylation sites is 3. The summed E-state index contributed by atoms with van der Waals surface area (Å²) in [6.07, 6.45) is 0. The predicted octanol–water partition coefficient (Wildman–Crippen LogP) is 7.00. The standard InChI is InChI=1S/C22H14Br2ClN3O/c23-13-11-14-20-22(27-18-7-3-2-6-17(18)26-20)28(21(14)15(24)12-13)9-10-29-19-8-4-1-5-16(19)25/h1-8,11-12H,9-10H2. The Labute approximate surface area is 188 Å². The van der Waals surface area contributed by atoms with E-state index in [2.05, 4.69) is 42.5 Å². The minimum Gasteiger partial charge on any atom is -0.490 e. The minimum absolute atomic E-state index is 0.458. The fourth-order valence-electron chi connectivity index (χ4n) is 3.51. The van der Waals surface area contributed by atoms with Gasteiger partial charge < -0.3 is 9.30 Å². The van der Waals surface area contributed by atoms with E-state index in [1.165, 1.54) is 0 Å². The fraction of sp³-hybridized carbons (Fsp3) is 0.0909. The minimum atomic E-state index is 0.458. The van der Waals surface area contributed by atoms with Crippen LogP contribution < -0.4 is 4.74 Å². The number of benzene rings is 3. The van der Waals surface area contributed by atoms with Crippen LogP contribution in [0.2, 0.25) is 5.02 Å². The van der Waals surface area contributed by atoms with Crippen molar-refractivity contribution < 1.29 is 4.74 Å². The van der Waals surface area contributed by atoms with E-state index in [-0.39, 0.29) is 0 Å². The van der Waals surface area contributed by atoms with Crippen LogP contribution in [0.5, 0.6) is 5.75 Å². The number of hydrogen-bond donors (Lipinski definition) is 0. The molecule has 5 rings (SSSR count). The van der Waals surface area contributed by atoms with Crippen molar-refractivity contribution in [3.63, 3.8) is 0 Å². The maximum Gasteiger partial charge on any atom is 0.160 e. The van der Waals surface area contributed by atoms with Crippen LogP contribution in [0.15, 0.2) is 69.6 Å². The first-order valence-electron chi connectivity index (χ1n) is 9.03. The van der Waals surface area contributed by atoms with Crippen LogP contribution in [-0.4, -0.2) is 21.1 Å². The van der Waals surface area contributed by atoms with E-state index in [1.54, 1.807) is 0 Å². The Hall–Kier alpha value is -2.15. The Kier molecular flexibility index (Phi) is 4.94. The molecule has 0 amide bonds. The highest BCUT2D eigenvalue weighted by molar-refractivity contribution is 9.11. The second-order valence-electron chi connectivity index (χ2n) is 6.60. The van der Waals surface area contributed by atoms with Gasteiger partial charge in [0.15, 0.2) is 5.65 Å². The summed E-state index contributed by atoms with van der Waals surface area (Å²) >= 11 is 13.5. The lowest BCUT2D eigenvalue weighted by atomic mass is 10.2. The van der Waals surface area contributed by atoms with E-state index in [1.807, 2.05) is 54.6 Å². The summed E-state index contributed by atoms with van der Waals surface area (Å²) in [5, 5.41) is 1.64. The van der Waals surface area contributed by atoms with Crippen molar-refractivity contribution in [3.05, 3.63) is 74.6 Å². The van der Waals surface area contributed by atoms with E-state index < -0.39 is 0 Å². The van der Waals surface area contributed by atoms with Crippen LogP contribution in [0.4, 0.5) is 0 Å². The van der Waals surface area contributed by atoms with E-state index in [4.69, 9.17) is 26.3 Å². The molecule has 3 aromatic carbocycles. The SMILES string of the molecule is Clc1ccccc1OCCn1c2nc3ccccc3nc2c2cc(Br)cc(Br)c21. The molecule has 144 valence electrons. The van der Waals surface area contributed by atoms with Crippen molar-refractivity contribution in [2.45, 2.75) is 6.54 Å². The molecule has 4 nitrogen and oxygen atoms in total. The van der Waals surface area contributed by atoms with Crippen LogP contribution >= 0.6 is 43.5 Å². The number of nitrogens with zero attached hydrogens (tertiary/aromatic N) is 3. The van der Waals surface area contributed by atoms with Gasteiger partial charge in [-0.25, -0.2) is 9.97 Å². The third-order valence-corrected chi connectivity index (χ3v) is 6.14. The maximum absolute atomic E-state index is 6.22. The molecular formula is C22H14Br2ClN3O. The molecule has 0 radical (unpaired) electrons. The summed E-state index contributed by atoms with van der Waals surface area (Å²) in [5.74, 6) is 0.674. The number of rotatable bonds is 4. The molecule has 0 saturated carbocycles. The van der Waals surface area contributed by atoms with Crippen molar-refractivity contribution in [3.8, 4) is 5.75 Å². The second kappa shape index (κ2) is 7.59. The van der Waals surface area contributed by atoms with Gasteiger partial charge in [0.25, 0.3) is 0 Å². The molecule has 0 aliphatic heterocycles. The van der Waals surface area contributed by atoms with Crippen molar-refractivity contribution in [1.29, 1.82) is 0 Å². The lowest BCUT2D eigenvalue weighted by molar-refractivity contribution is 0.302. The molecule has 5 aromatic rings. The molecule has 0 fully saturated rings. The highest BCUT2D eigenvalue weighted by Crippen LogP contribution is 2.35. The zero-order valence-corrected chi connectivity index (χ0v) is 19.0. The smallest absolute Gasteiger partial charge is 0.160 e. The third kappa shape index (κ3) is 3.39. The largest absolute Gasteiger partial charge is 0.490 e. The van der Waals surface area contributed by atoms with Crippen LogP contribution in [0.25, 0.3) is 33.1 Å². The molecule has 2 heterocycles. The number of fused-ring (bicyclic) bond motifs is 4. The highest BCUT2D eigenvalue weighted by atomic mass is 79.9. The third-order valence-electron chi connectivity index (χ3n) is 4.77. The van der Waals surface area contributed by atoms with Crippen molar-refractivity contribution >= 4 is 76.6 Å². The summed E-state index contributed by atoms with van der Waals surface area (Å²) in [5.41, 5.74) is 4.49. The topological polar surface area (TPSA) is 39.9 Å². The first-order valence-corrected chi connectivity index (χ1v) is 11.0. The highest BCUT2D eigenvalue weighted by Gasteiger charge is 2.17. The molecule has 0 N–H and O–H groups in total. The zero-order chi connectivity index (χ0) is 20.0. The molecule has 0 unspecified atom stereocenters. The van der Waals surface area contributed by atoms with Gasteiger partial charge in [-0.15, -0.1) is 0 Å². The van der Waals surface area contributed by atoms with Gasteiger partial charge in [-0.1, -0.05) is 51.8 Å². The summed E-state index contributed by atoms with van der Waals surface area (Å²) in [6.45, 7) is 1.07. The van der Waals surface area contributed by atoms with Crippen LogP contribution in [0, 0.1) is 0 Å². The van der Waals surface area contributed by atoms with Gasteiger partial charge in [-0.2, -0.15) is 0 Å². The van der Waals surface area contributed by atoms with Crippen molar-refractivity contribution in [1.82, 2.24) is 14.5 Å². The summed E-state index contributed by atoms with van der Waals surface area (Å²) in [4.78, 5) is 9.81. The average Bonchev–Trinajstić information content (AvgIpc) is 3.01. The van der Waals surface area contributed by atoms with Gasteiger partial charge in [0.05, 0.1) is 28.1 Å². The molecule has 0 aliphatic carbocycles. The monoisotopic (exact) mass is 529 g/mol. The predicted molar refractivity (Wildman–Crippen MR) is 125 cm³/mol. The van der Waals surface area contributed by atoms with Gasteiger partial charge in [-0.3, -0.25) is 0 Å². The molecule has 0 spiro atoms. The summed E-state index contributed by atoms with van der Waals surface area (Å²) in [7, 11) is 0. The van der Waals surface area contributed by atoms with E-state index in [0.717, 1.165) is 42.0 Å². The molecule has 29 heavy (non-hydrogen) atoms. The summed E-state index contributed by atoms with van der Waals surface area (Å²) in [6, 6.07) is 19.5. The van der Waals surface area contributed by atoms with Crippen molar-refractivity contribution in [2.24, 2.45) is 0 Å². The fourth-order valence-corrected chi connectivity index (χ4v) is 5.14. The Balaban J connectivity index is 1.65. The average molecular weight is 532 g/mol. The maximum atomic E-state index is 6.22. The first-order chi connectivity index (χ1) is 14.1. The normalized spacial score (nSPS) is 11.6. The molecule has 0 bridgehead atoms. The molecule has 2 aromatic heterocycles. The van der Waals surface area contributed by atoms with Gasteiger partial charge in [0, 0.05) is 14.3 Å². The van der Waals surface area contributed by atoms with E-state index in [0.29, 0.717) is 23.9 Å². The Morgan fingerprint density at radius 3 is 2.45 bits per heavy atom. The molecule has 0 atom stereocenters. The lowest BCUT2D eigenvalue weighted by Gasteiger charge is -2.11. The van der Waals surface area contributed by atoms with E-state index in [9.17, 15) is 0 Å². The summed E-state index contributed by atoms with van der Waals surface area (Å²) < 4.78 is 10.0. The van der Waals surface area contributed by atoms with Gasteiger partial charge in [-0.05, 0) is 52.3 Å².